The van der Waals surface area contributed by atoms with Crippen LogP contribution in [0.4, 0.5) is 0 Å². The monoisotopic (exact) mass is 259 g/mol. The van der Waals surface area contributed by atoms with Gasteiger partial charge >= 0.3 is 5.97 Å². The number of hydrogen-bond donors (Lipinski definition) is 1. The van der Waals surface area contributed by atoms with Gasteiger partial charge in [-0.1, -0.05) is 0 Å². The van der Waals surface area contributed by atoms with E-state index in [0.29, 0.717) is 12.1 Å². The second kappa shape index (κ2) is 4.41. The van der Waals surface area contributed by atoms with E-state index in [4.69, 9.17) is 5.11 Å². The standard InChI is InChI=1S/C9H10BrNO3/c1-11-7(3-5-9(13)14)6(10)2-4-8(11)12/h2,4H,3,5H2,1H3,(H,13,14). The van der Waals surface area contributed by atoms with E-state index < -0.39 is 5.97 Å². The minimum atomic E-state index is -0.867. The van der Waals surface area contributed by atoms with Gasteiger partial charge in [0.15, 0.2) is 0 Å². The van der Waals surface area contributed by atoms with E-state index in [1.165, 1.54) is 10.6 Å². The smallest absolute Gasteiger partial charge is 0.303 e. The second-order valence-corrected chi connectivity index (χ2v) is 3.77. The number of nitrogens with zero attached hydrogens (tertiary/aromatic N) is 1. The molecule has 0 radical (unpaired) electrons. The van der Waals surface area contributed by atoms with Gasteiger partial charge in [0.05, 0.1) is 6.42 Å². The molecule has 5 heteroatoms. The van der Waals surface area contributed by atoms with Crippen LogP contribution in [0.15, 0.2) is 21.4 Å². The Hall–Kier alpha value is -1.10. The lowest BCUT2D eigenvalue weighted by Crippen LogP contribution is -2.20. The number of rotatable bonds is 3. The second-order valence-electron chi connectivity index (χ2n) is 2.92. The van der Waals surface area contributed by atoms with Crippen LogP contribution in [0.2, 0.25) is 0 Å². The van der Waals surface area contributed by atoms with Crippen molar-refractivity contribution in [2.75, 3.05) is 0 Å². The van der Waals surface area contributed by atoms with E-state index in [0.717, 1.165) is 4.47 Å². The lowest BCUT2D eigenvalue weighted by Gasteiger charge is -2.08. The lowest BCUT2D eigenvalue weighted by atomic mass is 10.2. The fraction of sp³-hybridized carbons (Fsp3) is 0.333. The molecule has 0 unspecified atom stereocenters. The Bertz CT molecular complexity index is 411. The molecule has 0 amide bonds. The zero-order valence-electron chi connectivity index (χ0n) is 7.66. The zero-order chi connectivity index (χ0) is 10.7. The Morgan fingerprint density at radius 2 is 2.21 bits per heavy atom. The van der Waals surface area contributed by atoms with E-state index in [2.05, 4.69) is 15.9 Å². The molecule has 0 bridgehead atoms. The molecule has 0 aromatic carbocycles. The molecule has 1 aromatic rings. The minimum Gasteiger partial charge on any atom is -0.481 e. The van der Waals surface area contributed by atoms with Gasteiger partial charge in [0.1, 0.15) is 0 Å². The maximum Gasteiger partial charge on any atom is 0.303 e. The minimum absolute atomic E-state index is 0.0237. The van der Waals surface area contributed by atoms with Crippen LogP contribution in [-0.4, -0.2) is 15.6 Å². The van der Waals surface area contributed by atoms with E-state index in [1.807, 2.05) is 0 Å². The van der Waals surface area contributed by atoms with Crippen molar-refractivity contribution in [3.05, 3.63) is 32.7 Å². The molecule has 1 aromatic heterocycles. The highest BCUT2D eigenvalue weighted by atomic mass is 79.9. The van der Waals surface area contributed by atoms with Crippen molar-refractivity contribution >= 4 is 21.9 Å². The first-order chi connectivity index (χ1) is 6.52. The summed E-state index contributed by atoms with van der Waals surface area (Å²) in [5, 5.41) is 8.52. The third kappa shape index (κ3) is 2.45. The van der Waals surface area contributed by atoms with Crippen molar-refractivity contribution in [1.29, 1.82) is 0 Å². The van der Waals surface area contributed by atoms with Gasteiger partial charge in [0.25, 0.3) is 5.56 Å². The van der Waals surface area contributed by atoms with E-state index in [9.17, 15) is 9.59 Å². The number of hydrogen-bond acceptors (Lipinski definition) is 2. The molecule has 0 saturated carbocycles. The van der Waals surface area contributed by atoms with Crippen molar-refractivity contribution in [3.8, 4) is 0 Å². The van der Waals surface area contributed by atoms with Gasteiger partial charge in [-0.25, -0.2) is 0 Å². The lowest BCUT2D eigenvalue weighted by molar-refractivity contribution is -0.136. The zero-order valence-corrected chi connectivity index (χ0v) is 9.24. The average molecular weight is 260 g/mol. The van der Waals surface area contributed by atoms with E-state index >= 15 is 0 Å². The van der Waals surface area contributed by atoms with E-state index in [-0.39, 0.29) is 12.0 Å². The van der Waals surface area contributed by atoms with Crippen molar-refractivity contribution in [1.82, 2.24) is 4.57 Å². The molecule has 1 heterocycles. The summed E-state index contributed by atoms with van der Waals surface area (Å²) in [5.41, 5.74) is 0.577. The summed E-state index contributed by atoms with van der Waals surface area (Å²) in [4.78, 5) is 21.6. The first kappa shape index (κ1) is 11.0. The molecule has 0 saturated heterocycles. The summed E-state index contributed by atoms with van der Waals surface area (Å²) < 4.78 is 2.22. The summed E-state index contributed by atoms with van der Waals surface area (Å²) in [6.07, 6.45) is 0.373. The molecule has 76 valence electrons. The number of halogens is 1. The molecule has 1 rings (SSSR count). The van der Waals surface area contributed by atoms with Crippen LogP contribution >= 0.6 is 15.9 Å². The number of carboxylic acid groups (broad SMARTS) is 1. The predicted molar refractivity (Wildman–Crippen MR) is 55.3 cm³/mol. The maximum atomic E-state index is 11.2. The molecule has 14 heavy (non-hydrogen) atoms. The number of pyridine rings is 1. The Morgan fingerprint density at radius 3 is 2.79 bits per heavy atom. The van der Waals surface area contributed by atoms with Crippen LogP contribution in [0, 0.1) is 0 Å². The van der Waals surface area contributed by atoms with Gasteiger partial charge in [-0.3, -0.25) is 9.59 Å². The molecule has 0 aliphatic heterocycles. The fourth-order valence-corrected chi connectivity index (χ4v) is 1.75. The fourth-order valence-electron chi connectivity index (χ4n) is 1.16. The highest BCUT2D eigenvalue weighted by Crippen LogP contribution is 2.15. The third-order valence-corrected chi connectivity index (χ3v) is 2.68. The van der Waals surface area contributed by atoms with Crippen LogP contribution in [0.5, 0.6) is 0 Å². The number of carboxylic acids is 1. The normalized spacial score (nSPS) is 10.1. The summed E-state index contributed by atoms with van der Waals surface area (Å²) in [5.74, 6) is -0.867. The van der Waals surface area contributed by atoms with Gasteiger partial charge in [0, 0.05) is 23.3 Å². The van der Waals surface area contributed by atoms with Crippen LogP contribution < -0.4 is 5.56 Å². The number of aliphatic carboxylic acids is 1. The van der Waals surface area contributed by atoms with Crippen LogP contribution in [0.3, 0.4) is 0 Å². The Balaban J connectivity index is 3.01. The maximum absolute atomic E-state index is 11.2. The molecule has 4 nitrogen and oxygen atoms in total. The van der Waals surface area contributed by atoms with Crippen molar-refractivity contribution in [2.24, 2.45) is 7.05 Å². The van der Waals surface area contributed by atoms with Crippen molar-refractivity contribution in [2.45, 2.75) is 12.8 Å². The largest absolute Gasteiger partial charge is 0.481 e. The quantitative estimate of drug-likeness (QED) is 0.887. The Labute approximate surface area is 89.3 Å². The SMILES string of the molecule is Cn1c(CCC(=O)O)c(Br)ccc1=O. The summed E-state index contributed by atoms with van der Waals surface area (Å²) >= 11 is 3.28. The van der Waals surface area contributed by atoms with Gasteiger partial charge in [-0.2, -0.15) is 0 Å². The molecule has 0 aliphatic carbocycles. The topological polar surface area (TPSA) is 59.3 Å². The molecule has 0 spiro atoms. The van der Waals surface area contributed by atoms with Gasteiger partial charge < -0.3 is 9.67 Å². The molecule has 1 N–H and O–H groups in total. The van der Waals surface area contributed by atoms with Gasteiger partial charge in [0.2, 0.25) is 0 Å². The molecular weight excluding hydrogens is 250 g/mol. The third-order valence-electron chi connectivity index (χ3n) is 1.96. The Morgan fingerprint density at radius 1 is 1.57 bits per heavy atom. The first-order valence-electron chi connectivity index (χ1n) is 4.08. The number of carbonyl (C=O) groups is 1. The molecular formula is C9H10BrNO3. The molecule has 0 fully saturated rings. The predicted octanol–water partition coefficient (Wildman–Crippen LogP) is 1.17. The van der Waals surface area contributed by atoms with E-state index in [1.54, 1.807) is 13.1 Å². The van der Waals surface area contributed by atoms with Crippen LogP contribution in [0.25, 0.3) is 0 Å². The average Bonchev–Trinajstić information content (AvgIpc) is 2.11. The Kier molecular flexibility index (Phi) is 3.46. The van der Waals surface area contributed by atoms with Crippen molar-refractivity contribution in [3.63, 3.8) is 0 Å². The summed E-state index contributed by atoms with van der Waals surface area (Å²) in [6, 6.07) is 3.08. The number of aromatic nitrogens is 1. The summed E-state index contributed by atoms with van der Waals surface area (Å²) in [7, 11) is 1.63. The highest BCUT2D eigenvalue weighted by Gasteiger charge is 2.07. The highest BCUT2D eigenvalue weighted by molar-refractivity contribution is 9.10. The van der Waals surface area contributed by atoms with Gasteiger partial charge in [-0.05, 0) is 28.4 Å². The molecule has 0 atom stereocenters. The summed E-state index contributed by atoms with van der Waals surface area (Å²) in [6.45, 7) is 0. The van der Waals surface area contributed by atoms with Crippen LogP contribution in [-0.2, 0) is 18.3 Å². The van der Waals surface area contributed by atoms with Crippen LogP contribution in [0.1, 0.15) is 12.1 Å². The first-order valence-corrected chi connectivity index (χ1v) is 4.88. The molecule has 0 aliphatic rings. The van der Waals surface area contributed by atoms with Crippen molar-refractivity contribution < 1.29 is 9.90 Å². The van der Waals surface area contributed by atoms with Gasteiger partial charge in [-0.15, -0.1) is 0 Å².